The van der Waals surface area contributed by atoms with Crippen LogP contribution in [-0.4, -0.2) is 48.2 Å². The molecule has 19 heavy (non-hydrogen) atoms. The number of rotatable bonds is 13. The van der Waals surface area contributed by atoms with Crippen molar-refractivity contribution in [3.63, 3.8) is 0 Å². The topological polar surface area (TPSA) is 27.7 Å². The van der Waals surface area contributed by atoms with Gasteiger partial charge in [0.05, 0.1) is 0 Å². The number of hydrogen-bond acceptors (Lipinski definition) is 5. The zero-order valence-electron chi connectivity index (χ0n) is 12.6. The first-order valence-electron chi connectivity index (χ1n) is 7.25. The maximum Gasteiger partial charge on any atom is 0.341 e. The number of thiol groups is 2. The predicted molar refractivity (Wildman–Crippen MR) is 94.5 cm³/mol. The van der Waals surface area contributed by atoms with Crippen LogP contribution in [0.1, 0.15) is 40.0 Å². The summed E-state index contributed by atoms with van der Waals surface area (Å²) < 4.78 is 18.2. The Morgan fingerprint density at radius 1 is 1.05 bits per heavy atom. The Balaban J connectivity index is 4.35. The summed E-state index contributed by atoms with van der Waals surface area (Å²) in [5.74, 6) is 1.81. The van der Waals surface area contributed by atoms with Crippen molar-refractivity contribution in [1.29, 1.82) is 0 Å². The van der Waals surface area contributed by atoms with E-state index in [1.165, 1.54) is 0 Å². The second-order valence-corrected chi connectivity index (χ2v) is 13.1. The van der Waals surface area contributed by atoms with E-state index in [1.807, 2.05) is 13.8 Å². The molecule has 0 amide bonds. The smallest absolute Gasteiger partial charge is 0.341 e. The van der Waals surface area contributed by atoms with Gasteiger partial charge in [-0.25, -0.2) is 0 Å². The van der Waals surface area contributed by atoms with Crippen molar-refractivity contribution in [2.45, 2.75) is 52.2 Å². The highest BCUT2D eigenvalue weighted by atomic mass is 32.1. The van der Waals surface area contributed by atoms with Gasteiger partial charge in [0.2, 0.25) is 9.28 Å². The average molecular weight is 343 g/mol. The molecule has 0 heterocycles. The molecule has 0 rings (SSSR count). The van der Waals surface area contributed by atoms with E-state index in [0.717, 1.165) is 50.0 Å². The lowest BCUT2D eigenvalue weighted by Crippen LogP contribution is -2.51. The lowest BCUT2D eigenvalue weighted by Gasteiger charge is -2.30. The maximum absolute atomic E-state index is 6.10. The van der Waals surface area contributed by atoms with Gasteiger partial charge < -0.3 is 13.3 Å². The lowest BCUT2D eigenvalue weighted by molar-refractivity contribution is 0.179. The van der Waals surface area contributed by atoms with Crippen LogP contribution >= 0.6 is 25.3 Å². The Morgan fingerprint density at radius 2 is 1.63 bits per heavy atom. The normalized spacial score (nSPS) is 14.4. The van der Waals surface area contributed by atoms with Gasteiger partial charge in [-0.3, -0.25) is 0 Å². The molecule has 3 nitrogen and oxygen atoms in total. The van der Waals surface area contributed by atoms with Crippen LogP contribution in [0, 0.1) is 0 Å². The molecule has 0 spiro atoms. The molecule has 0 radical (unpaired) electrons. The van der Waals surface area contributed by atoms with E-state index < -0.39 is 17.4 Å². The molecule has 0 aliphatic rings. The molecule has 0 aromatic heterocycles. The van der Waals surface area contributed by atoms with Crippen LogP contribution in [0.25, 0.3) is 0 Å². The standard InChI is InChI=1S/C12H30O3S2Si2/c1-4-13-19(14-5-2,11-7-10-17)18-15-12(3)8-6-9-16/h12,16-17H,4-11,18H2,1-3H3. The van der Waals surface area contributed by atoms with E-state index in [2.05, 4.69) is 32.2 Å². The minimum absolute atomic E-state index is 0.308. The summed E-state index contributed by atoms with van der Waals surface area (Å²) in [7, 11) is -2.83. The van der Waals surface area contributed by atoms with Crippen molar-refractivity contribution in [2.75, 3.05) is 24.7 Å². The van der Waals surface area contributed by atoms with Crippen LogP contribution in [0.5, 0.6) is 0 Å². The summed E-state index contributed by atoms with van der Waals surface area (Å²) in [5, 5.41) is 0. The molecule has 0 aliphatic carbocycles. The minimum Gasteiger partial charge on any atom is -0.419 e. The molecular weight excluding hydrogens is 312 g/mol. The van der Waals surface area contributed by atoms with Crippen LogP contribution in [0.2, 0.25) is 6.04 Å². The van der Waals surface area contributed by atoms with Crippen LogP contribution in [-0.2, 0) is 13.3 Å². The molecule has 0 aromatic carbocycles. The van der Waals surface area contributed by atoms with Crippen molar-refractivity contribution in [3.05, 3.63) is 0 Å². The number of hydrogen-bond donors (Lipinski definition) is 2. The van der Waals surface area contributed by atoms with Gasteiger partial charge in [0, 0.05) is 19.3 Å². The largest absolute Gasteiger partial charge is 0.419 e. The van der Waals surface area contributed by atoms with Gasteiger partial charge >= 0.3 is 8.08 Å². The lowest BCUT2D eigenvalue weighted by atomic mass is 10.2. The fourth-order valence-electron chi connectivity index (χ4n) is 1.95. The predicted octanol–water partition coefficient (Wildman–Crippen LogP) is 2.52. The second kappa shape index (κ2) is 12.7. The summed E-state index contributed by atoms with van der Waals surface area (Å²) in [6.07, 6.45) is 3.54. The zero-order valence-corrected chi connectivity index (χ0v) is 16.8. The summed E-state index contributed by atoms with van der Waals surface area (Å²) in [4.78, 5) is 0. The van der Waals surface area contributed by atoms with Crippen molar-refractivity contribution >= 4 is 42.6 Å². The summed E-state index contributed by atoms with van der Waals surface area (Å²) in [6, 6.07) is 1.02. The fraction of sp³-hybridized carbons (Fsp3) is 1.00. The summed E-state index contributed by atoms with van der Waals surface area (Å²) in [6.45, 7) is 7.67. The van der Waals surface area contributed by atoms with E-state index >= 15 is 0 Å². The van der Waals surface area contributed by atoms with Crippen LogP contribution in [0.3, 0.4) is 0 Å². The quantitative estimate of drug-likeness (QED) is 0.398. The van der Waals surface area contributed by atoms with Crippen molar-refractivity contribution < 1.29 is 13.3 Å². The highest BCUT2D eigenvalue weighted by molar-refractivity contribution is 7.80. The van der Waals surface area contributed by atoms with Crippen molar-refractivity contribution in [1.82, 2.24) is 0 Å². The van der Waals surface area contributed by atoms with E-state index in [1.54, 1.807) is 0 Å². The Morgan fingerprint density at radius 3 is 2.11 bits per heavy atom. The Labute approximate surface area is 133 Å². The van der Waals surface area contributed by atoms with Crippen molar-refractivity contribution in [3.8, 4) is 0 Å². The van der Waals surface area contributed by atoms with E-state index in [4.69, 9.17) is 13.3 Å². The minimum atomic E-state index is -2.07. The molecule has 0 fully saturated rings. The Kier molecular flexibility index (Phi) is 13.4. The first kappa shape index (κ1) is 20.0. The van der Waals surface area contributed by atoms with Gasteiger partial charge in [0.15, 0.2) is 0 Å². The molecule has 0 aromatic rings. The summed E-state index contributed by atoms with van der Waals surface area (Å²) >= 11 is 8.54. The molecule has 0 saturated heterocycles. The van der Waals surface area contributed by atoms with Gasteiger partial charge in [-0.15, -0.1) is 0 Å². The Bertz CT molecular complexity index is 205. The molecular formula is C12H30O3S2Si2. The molecule has 1 atom stereocenters. The second-order valence-electron chi connectivity index (χ2n) is 4.59. The zero-order chi connectivity index (χ0) is 14.6. The van der Waals surface area contributed by atoms with Gasteiger partial charge in [-0.05, 0) is 57.6 Å². The van der Waals surface area contributed by atoms with Crippen LogP contribution < -0.4 is 0 Å². The van der Waals surface area contributed by atoms with Gasteiger partial charge in [0.1, 0.15) is 0 Å². The third-order valence-electron chi connectivity index (χ3n) is 2.89. The third kappa shape index (κ3) is 9.54. The SMILES string of the molecule is CCO[Si](CCCS)(OCC)[SiH2]OC(C)CCCS. The van der Waals surface area contributed by atoms with Gasteiger partial charge in [-0.1, -0.05) is 0 Å². The maximum atomic E-state index is 6.10. The molecule has 0 bridgehead atoms. The highest BCUT2D eigenvalue weighted by Gasteiger charge is 2.38. The first-order valence-corrected chi connectivity index (χ1v) is 13.4. The summed E-state index contributed by atoms with van der Waals surface area (Å²) in [5.41, 5.74) is 0. The molecule has 0 saturated carbocycles. The van der Waals surface area contributed by atoms with Crippen molar-refractivity contribution in [2.24, 2.45) is 0 Å². The third-order valence-corrected chi connectivity index (χ3v) is 11.5. The average Bonchev–Trinajstić information content (AvgIpc) is 2.41. The first-order chi connectivity index (χ1) is 9.14. The molecule has 7 heteroatoms. The molecule has 0 N–H and O–H groups in total. The molecule has 116 valence electrons. The van der Waals surface area contributed by atoms with Gasteiger partial charge in [-0.2, -0.15) is 25.3 Å². The van der Waals surface area contributed by atoms with Gasteiger partial charge in [0.25, 0.3) is 0 Å². The van der Waals surface area contributed by atoms with E-state index in [-0.39, 0.29) is 0 Å². The molecule has 1 unspecified atom stereocenters. The monoisotopic (exact) mass is 342 g/mol. The van der Waals surface area contributed by atoms with E-state index in [0.29, 0.717) is 6.10 Å². The van der Waals surface area contributed by atoms with E-state index in [9.17, 15) is 0 Å². The van der Waals surface area contributed by atoms with Crippen LogP contribution in [0.15, 0.2) is 0 Å². The molecule has 0 aliphatic heterocycles. The Hall–Kier alpha value is 1.01. The van der Waals surface area contributed by atoms with Crippen LogP contribution in [0.4, 0.5) is 0 Å². The highest BCUT2D eigenvalue weighted by Crippen LogP contribution is 2.17. The fourth-order valence-corrected chi connectivity index (χ4v) is 10.3.